The third kappa shape index (κ3) is 6.60. The van der Waals surface area contributed by atoms with Crippen LogP contribution >= 0.6 is 35.3 Å². The monoisotopic (exact) mass is 470 g/mol. The maximum atomic E-state index is 4.28. The van der Waals surface area contributed by atoms with E-state index in [1.165, 1.54) is 41.9 Å². The van der Waals surface area contributed by atoms with E-state index < -0.39 is 0 Å². The van der Waals surface area contributed by atoms with Gasteiger partial charge in [-0.3, -0.25) is 9.89 Å². The fraction of sp³-hybridized carbons (Fsp3) is 0.421. The number of thiophene rings is 1. The van der Waals surface area contributed by atoms with Gasteiger partial charge in [0.05, 0.1) is 6.54 Å². The minimum Gasteiger partial charge on any atom is -0.352 e. The Morgan fingerprint density at radius 3 is 2.36 bits per heavy atom. The van der Waals surface area contributed by atoms with E-state index in [-0.39, 0.29) is 24.0 Å². The standard InChI is InChI=1S/C19H26N4S.HI/c1-20-19(22-14-18-5-4-12-24-18)21-13-16-6-8-17(9-7-16)15-23-10-2-3-11-23;/h4-9,12H,2-3,10-11,13-15H2,1H3,(H2,20,21,22);1H. The molecule has 2 aromatic rings. The Kier molecular flexibility index (Phi) is 8.71. The summed E-state index contributed by atoms with van der Waals surface area (Å²) >= 11 is 1.76. The molecule has 2 heterocycles. The largest absolute Gasteiger partial charge is 0.352 e. The zero-order chi connectivity index (χ0) is 16.6. The minimum absolute atomic E-state index is 0. The number of benzene rings is 1. The smallest absolute Gasteiger partial charge is 0.191 e. The highest BCUT2D eigenvalue weighted by Crippen LogP contribution is 2.13. The molecule has 136 valence electrons. The summed E-state index contributed by atoms with van der Waals surface area (Å²) in [6, 6.07) is 13.1. The normalized spacial score (nSPS) is 15.0. The predicted octanol–water partition coefficient (Wildman–Crippen LogP) is 3.83. The SMILES string of the molecule is CN=C(NCc1ccc(CN2CCCC2)cc1)NCc1cccs1.I. The Hall–Kier alpha value is -1.12. The molecule has 1 fully saturated rings. The van der Waals surface area contributed by atoms with Gasteiger partial charge in [0.25, 0.3) is 0 Å². The molecule has 0 atom stereocenters. The number of nitrogens with zero attached hydrogens (tertiary/aromatic N) is 2. The minimum atomic E-state index is 0. The molecule has 1 aliphatic heterocycles. The van der Waals surface area contributed by atoms with Crippen molar-refractivity contribution in [2.24, 2.45) is 4.99 Å². The van der Waals surface area contributed by atoms with Crippen molar-refractivity contribution in [3.8, 4) is 0 Å². The number of hydrogen-bond donors (Lipinski definition) is 2. The molecule has 25 heavy (non-hydrogen) atoms. The van der Waals surface area contributed by atoms with E-state index in [0.29, 0.717) is 0 Å². The van der Waals surface area contributed by atoms with E-state index in [9.17, 15) is 0 Å². The molecule has 0 spiro atoms. The lowest BCUT2D eigenvalue weighted by Gasteiger charge is -2.15. The maximum absolute atomic E-state index is 4.28. The van der Waals surface area contributed by atoms with Crippen molar-refractivity contribution in [3.63, 3.8) is 0 Å². The molecule has 0 unspecified atom stereocenters. The molecule has 3 rings (SSSR count). The number of rotatable bonds is 6. The maximum Gasteiger partial charge on any atom is 0.191 e. The number of likely N-dealkylation sites (tertiary alicyclic amines) is 1. The summed E-state index contributed by atoms with van der Waals surface area (Å²) in [6.07, 6.45) is 2.69. The van der Waals surface area contributed by atoms with Crippen LogP contribution in [-0.4, -0.2) is 31.0 Å². The third-order valence-electron chi connectivity index (χ3n) is 4.32. The fourth-order valence-electron chi connectivity index (χ4n) is 2.95. The van der Waals surface area contributed by atoms with E-state index in [2.05, 4.69) is 62.3 Å². The van der Waals surface area contributed by atoms with Crippen LogP contribution in [0.2, 0.25) is 0 Å². The van der Waals surface area contributed by atoms with Crippen LogP contribution in [0.1, 0.15) is 28.8 Å². The molecular formula is C19H27IN4S. The first-order valence-electron chi connectivity index (χ1n) is 8.60. The molecule has 4 nitrogen and oxygen atoms in total. The van der Waals surface area contributed by atoms with E-state index in [1.54, 1.807) is 11.3 Å². The van der Waals surface area contributed by atoms with Gasteiger partial charge in [-0.15, -0.1) is 35.3 Å². The Morgan fingerprint density at radius 2 is 1.72 bits per heavy atom. The van der Waals surface area contributed by atoms with E-state index in [1.807, 2.05) is 7.05 Å². The van der Waals surface area contributed by atoms with Crippen LogP contribution in [0.5, 0.6) is 0 Å². The summed E-state index contributed by atoms with van der Waals surface area (Å²) in [5.41, 5.74) is 2.68. The topological polar surface area (TPSA) is 39.7 Å². The molecular weight excluding hydrogens is 443 g/mol. The molecule has 2 N–H and O–H groups in total. The zero-order valence-corrected chi connectivity index (χ0v) is 17.8. The molecule has 1 aliphatic rings. The Morgan fingerprint density at radius 1 is 1.04 bits per heavy atom. The van der Waals surface area contributed by atoms with Gasteiger partial charge in [0.1, 0.15) is 0 Å². The van der Waals surface area contributed by atoms with Crippen molar-refractivity contribution in [1.29, 1.82) is 0 Å². The van der Waals surface area contributed by atoms with Gasteiger partial charge in [-0.1, -0.05) is 30.3 Å². The van der Waals surface area contributed by atoms with Gasteiger partial charge in [-0.05, 0) is 48.5 Å². The summed E-state index contributed by atoms with van der Waals surface area (Å²) in [6.45, 7) is 5.17. The number of nitrogens with one attached hydrogen (secondary N) is 2. The van der Waals surface area contributed by atoms with Crippen molar-refractivity contribution in [3.05, 3.63) is 57.8 Å². The summed E-state index contributed by atoms with van der Waals surface area (Å²) in [4.78, 5) is 8.12. The van der Waals surface area contributed by atoms with Gasteiger partial charge < -0.3 is 10.6 Å². The Balaban J connectivity index is 0.00000225. The Bertz CT molecular complexity index is 634. The van der Waals surface area contributed by atoms with Crippen LogP contribution < -0.4 is 10.6 Å². The lowest BCUT2D eigenvalue weighted by atomic mass is 10.1. The molecule has 0 aliphatic carbocycles. The first kappa shape index (κ1) is 20.2. The highest BCUT2D eigenvalue weighted by Gasteiger charge is 2.11. The zero-order valence-electron chi connectivity index (χ0n) is 14.7. The molecule has 1 saturated heterocycles. The van der Waals surface area contributed by atoms with Crippen LogP contribution in [0.25, 0.3) is 0 Å². The second kappa shape index (κ2) is 10.8. The lowest BCUT2D eigenvalue weighted by molar-refractivity contribution is 0.331. The van der Waals surface area contributed by atoms with Crippen molar-refractivity contribution >= 4 is 41.3 Å². The van der Waals surface area contributed by atoms with Crippen LogP contribution in [0.4, 0.5) is 0 Å². The van der Waals surface area contributed by atoms with Crippen molar-refractivity contribution in [2.75, 3.05) is 20.1 Å². The average molecular weight is 470 g/mol. The average Bonchev–Trinajstić information content (AvgIpc) is 3.30. The van der Waals surface area contributed by atoms with Crippen LogP contribution in [0.15, 0.2) is 46.8 Å². The van der Waals surface area contributed by atoms with Gasteiger partial charge >= 0.3 is 0 Å². The molecule has 0 saturated carbocycles. The molecule has 1 aromatic heterocycles. The number of aliphatic imine (C=N–C) groups is 1. The summed E-state index contributed by atoms with van der Waals surface area (Å²) in [5, 5.41) is 8.81. The van der Waals surface area contributed by atoms with Crippen molar-refractivity contribution in [2.45, 2.75) is 32.5 Å². The van der Waals surface area contributed by atoms with E-state index in [0.717, 1.165) is 25.6 Å². The first-order valence-corrected chi connectivity index (χ1v) is 9.48. The highest BCUT2D eigenvalue weighted by atomic mass is 127. The molecule has 0 amide bonds. The van der Waals surface area contributed by atoms with Crippen LogP contribution in [0, 0.1) is 0 Å². The third-order valence-corrected chi connectivity index (χ3v) is 5.20. The van der Waals surface area contributed by atoms with Gasteiger partial charge in [0.15, 0.2) is 5.96 Å². The molecule has 0 bridgehead atoms. The molecule has 1 aromatic carbocycles. The van der Waals surface area contributed by atoms with Crippen molar-refractivity contribution in [1.82, 2.24) is 15.5 Å². The number of guanidine groups is 1. The van der Waals surface area contributed by atoms with Gasteiger partial charge in [0, 0.05) is 25.0 Å². The molecule has 6 heteroatoms. The van der Waals surface area contributed by atoms with Crippen molar-refractivity contribution < 1.29 is 0 Å². The van der Waals surface area contributed by atoms with E-state index in [4.69, 9.17) is 0 Å². The summed E-state index contributed by atoms with van der Waals surface area (Å²) in [5.74, 6) is 0.838. The van der Waals surface area contributed by atoms with Crippen LogP contribution in [0.3, 0.4) is 0 Å². The molecule has 0 radical (unpaired) electrons. The quantitative estimate of drug-likeness (QED) is 0.383. The number of halogens is 1. The highest BCUT2D eigenvalue weighted by molar-refractivity contribution is 14.0. The Labute approximate surface area is 171 Å². The summed E-state index contributed by atoms with van der Waals surface area (Å²) < 4.78 is 0. The lowest BCUT2D eigenvalue weighted by Crippen LogP contribution is -2.36. The van der Waals surface area contributed by atoms with Gasteiger partial charge in [0.2, 0.25) is 0 Å². The second-order valence-corrected chi connectivity index (χ2v) is 7.19. The number of hydrogen-bond acceptors (Lipinski definition) is 3. The second-order valence-electron chi connectivity index (χ2n) is 6.16. The summed E-state index contributed by atoms with van der Waals surface area (Å²) in [7, 11) is 1.81. The van der Waals surface area contributed by atoms with E-state index >= 15 is 0 Å². The van der Waals surface area contributed by atoms with Gasteiger partial charge in [-0.25, -0.2) is 0 Å². The van der Waals surface area contributed by atoms with Crippen LogP contribution in [-0.2, 0) is 19.6 Å². The fourth-order valence-corrected chi connectivity index (χ4v) is 3.60. The predicted molar refractivity (Wildman–Crippen MR) is 118 cm³/mol. The first-order chi connectivity index (χ1) is 11.8. The van der Waals surface area contributed by atoms with Gasteiger partial charge in [-0.2, -0.15) is 0 Å².